The van der Waals surface area contributed by atoms with E-state index in [1.54, 1.807) is 6.07 Å². The summed E-state index contributed by atoms with van der Waals surface area (Å²) in [6.07, 6.45) is 7.24. The molecule has 0 radical (unpaired) electrons. The van der Waals surface area contributed by atoms with Crippen LogP contribution in [0.3, 0.4) is 0 Å². The van der Waals surface area contributed by atoms with E-state index in [2.05, 4.69) is 6.07 Å². The standard InChI is InChI=1S/C16H23NO2/c17-10-2-3-12-6-8-13(9-7-12)14-4-1-5-15(11-14)16(18)19/h1,4-5,11-13H,2-3,6-10,17H2,(H,18,19). The lowest BCUT2D eigenvalue weighted by Crippen LogP contribution is -2.15. The van der Waals surface area contributed by atoms with Crippen molar-refractivity contribution in [1.82, 2.24) is 0 Å². The van der Waals surface area contributed by atoms with Gasteiger partial charge in [0.05, 0.1) is 5.56 Å². The molecular weight excluding hydrogens is 238 g/mol. The molecule has 0 spiro atoms. The molecule has 0 heterocycles. The van der Waals surface area contributed by atoms with E-state index >= 15 is 0 Å². The van der Waals surface area contributed by atoms with Gasteiger partial charge in [-0.25, -0.2) is 4.79 Å². The molecule has 2 rings (SSSR count). The third-order valence-electron chi connectivity index (χ3n) is 4.27. The zero-order valence-electron chi connectivity index (χ0n) is 11.3. The maximum atomic E-state index is 11.0. The second-order valence-corrected chi connectivity index (χ2v) is 5.58. The number of nitrogens with two attached hydrogens (primary N) is 1. The Balaban J connectivity index is 1.94. The molecule has 104 valence electrons. The van der Waals surface area contributed by atoms with Crippen molar-refractivity contribution in [3.8, 4) is 0 Å². The highest BCUT2D eigenvalue weighted by atomic mass is 16.4. The van der Waals surface area contributed by atoms with Crippen LogP contribution in [0.15, 0.2) is 24.3 Å². The first-order chi connectivity index (χ1) is 9.20. The molecular formula is C16H23NO2. The summed E-state index contributed by atoms with van der Waals surface area (Å²) in [5.41, 5.74) is 7.15. The average Bonchev–Trinajstić information content (AvgIpc) is 2.46. The summed E-state index contributed by atoms with van der Waals surface area (Å²) in [6.45, 7) is 0.792. The van der Waals surface area contributed by atoms with E-state index < -0.39 is 5.97 Å². The highest BCUT2D eigenvalue weighted by molar-refractivity contribution is 5.87. The van der Waals surface area contributed by atoms with Gasteiger partial charge in [0.25, 0.3) is 0 Å². The molecule has 3 heteroatoms. The fourth-order valence-corrected chi connectivity index (χ4v) is 3.12. The smallest absolute Gasteiger partial charge is 0.335 e. The van der Waals surface area contributed by atoms with Crippen molar-refractivity contribution in [2.24, 2.45) is 11.7 Å². The first-order valence-electron chi connectivity index (χ1n) is 7.24. The molecule has 0 bridgehead atoms. The van der Waals surface area contributed by atoms with Crippen LogP contribution in [0.5, 0.6) is 0 Å². The minimum absolute atomic E-state index is 0.405. The van der Waals surface area contributed by atoms with Crippen LogP contribution in [0.4, 0.5) is 0 Å². The first-order valence-corrected chi connectivity index (χ1v) is 7.24. The molecule has 0 unspecified atom stereocenters. The molecule has 0 aliphatic heterocycles. The van der Waals surface area contributed by atoms with Gasteiger partial charge in [-0.2, -0.15) is 0 Å². The van der Waals surface area contributed by atoms with Gasteiger partial charge in [-0.3, -0.25) is 0 Å². The van der Waals surface area contributed by atoms with E-state index in [0.29, 0.717) is 11.5 Å². The lowest BCUT2D eigenvalue weighted by molar-refractivity contribution is 0.0696. The van der Waals surface area contributed by atoms with Crippen molar-refractivity contribution in [2.45, 2.75) is 44.4 Å². The van der Waals surface area contributed by atoms with Gasteiger partial charge in [0, 0.05) is 0 Å². The molecule has 0 saturated heterocycles. The summed E-state index contributed by atoms with van der Waals surface area (Å²) in [5.74, 6) is 0.523. The van der Waals surface area contributed by atoms with Crippen LogP contribution in [-0.2, 0) is 0 Å². The predicted octanol–water partition coefficient (Wildman–Crippen LogP) is 3.40. The van der Waals surface area contributed by atoms with Crippen LogP contribution < -0.4 is 5.73 Å². The highest BCUT2D eigenvalue weighted by Crippen LogP contribution is 2.37. The number of aromatic carboxylic acids is 1. The predicted molar refractivity (Wildman–Crippen MR) is 76.4 cm³/mol. The molecule has 1 fully saturated rings. The SMILES string of the molecule is NCCCC1CCC(c2cccc(C(=O)O)c2)CC1. The Bertz CT molecular complexity index is 423. The second kappa shape index (κ2) is 6.71. The van der Waals surface area contributed by atoms with Crippen molar-refractivity contribution >= 4 is 5.97 Å². The molecule has 1 aromatic rings. The van der Waals surface area contributed by atoms with E-state index in [9.17, 15) is 4.79 Å². The Morgan fingerprint density at radius 2 is 2.00 bits per heavy atom. The summed E-state index contributed by atoms with van der Waals surface area (Å²) in [4.78, 5) is 11.0. The van der Waals surface area contributed by atoms with E-state index in [0.717, 1.165) is 18.9 Å². The summed E-state index contributed by atoms with van der Waals surface area (Å²) < 4.78 is 0. The van der Waals surface area contributed by atoms with Crippen molar-refractivity contribution in [2.75, 3.05) is 6.54 Å². The number of hydrogen-bond acceptors (Lipinski definition) is 2. The number of carboxylic acid groups (broad SMARTS) is 1. The lowest BCUT2D eigenvalue weighted by Gasteiger charge is -2.28. The van der Waals surface area contributed by atoms with Crippen LogP contribution in [0.25, 0.3) is 0 Å². The zero-order valence-corrected chi connectivity index (χ0v) is 11.3. The number of carbonyl (C=O) groups is 1. The number of benzene rings is 1. The molecule has 0 atom stereocenters. The molecule has 3 N–H and O–H groups in total. The van der Waals surface area contributed by atoms with E-state index in [1.165, 1.54) is 37.7 Å². The van der Waals surface area contributed by atoms with Gasteiger partial charge < -0.3 is 10.8 Å². The summed E-state index contributed by atoms with van der Waals surface area (Å²) >= 11 is 0. The maximum Gasteiger partial charge on any atom is 0.335 e. The van der Waals surface area contributed by atoms with Gasteiger partial charge in [-0.15, -0.1) is 0 Å². The molecule has 1 saturated carbocycles. The number of hydrogen-bond donors (Lipinski definition) is 2. The minimum atomic E-state index is -0.835. The summed E-state index contributed by atoms with van der Waals surface area (Å²) in [5, 5.41) is 9.03. The Morgan fingerprint density at radius 3 is 2.63 bits per heavy atom. The molecule has 3 nitrogen and oxygen atoms in total. The Labute approximate surface area is 114 Å². The minimum Gasteiger partial charge on any atom is -0.478 e. The maximum absolute atomic E-state index is 11.0. The zero-order chi connectivity index (χ0) is 13.7. The number of rotatable bonds is 5. The van der Waals surface area contributed by atoms with Gasteiger partial charge in [0.1, 0.15) is 0 Å². The topological polar surface area (TPSA) is 63.3 Å². The second-order valence-electron chi connectivity index (χ2n) is 5.58. The molecule has 1 aliphatic carbocycles. The van der Waals surface area contributed by atoms with Crippen molar-refractivity contribution in [3.05, 3.63) is 35.4 Å². The Morgan fingerprint density at radius 1 is 1.26 bits per heavy atom. The van der Waals surface area contributed by atoms with Crippen molar-refractivity contribution < 1.29 is 9.90 Å². The van der Waals surface area contributed by atoms with Gasteiger partial charge >= 0.3 is 5.97 Å². The van der Waals surface area contributed by atoms with Gasteiger partial charge in [-0.1, -0.05) is 12.1 Å². The van der Waals surface area contributed by atoms with E-state index in [-0.39, 0.29) is 0 Å². The number of carboxylic acids is 1. The molecule has 0 aromatic heterocycles. The monoisotopic (exact) mass is 261 g/mol. The molecule has 1 aliphatic rings. The fraction of sp³-hybridized carbons (Fsp3) is 0.562. The molecule has 0 amide bonds. The summed E-state index contributed by atoms with van der Waals surface area (Å²) in [6, 6.07) is 7.43. The van der Waals surface area contributed by atoms with Crippen LogP contribution in [-0.4, -0.2) is 17.6 Å². The van der Waals surface area contributed by atoms with Crippen LogP contribution in [0.1, 0.15) is 60.4 Å². The van der Waals surface area contributed by atoms with E-state index in [1.807, 2.05) is 12.1 Å². The lowest BCUT2D eigenvalue weighted by atomic mass is 9.77. The fourth-order valence-electron chi connectivity index (χ4n) is 3.12. The van der Waals surface area contributed by atoms with Crippen LogP contribution in [0, 0.1) is 5.92 Å². The van der Waals surface area contributed by atoms with Gasteiger partial charge in [0.15, 0.2) is 0 Å². The van der Waals surface area contributed by atoms with Crippen molar-refractivity contribution in [1.29, 1.82) is 0 Å². The van der Waals surface area contributed by atoms with Crippen molar-refractivity contribution in [3.63, 3.8) is 0 Å². The van der Waals surface area contributed by atoms with Crippen LogP contribution in [0.2, 0.25) is 0 Å². The molecule has 1 aromatic carbocycles. The average molecular weight is 261 g/mol. The Hall–Kier alpha value is -1.35. The van der Waals surface area contributed by atoms with Crippen LogP contribution >= 0.6 is 0 Å². The first kappa shape index (κ1) is 14.1. The highest BCUT2D eigenvalue weighted by Gasteiger charge is 2.22. The molecule has 19 heavy (non-hydrogen) atoms. The van der Waals surface area contributed by atoms with Gasteiger partial charge in [-0.05, 0) is 74.6 Å². The van der Waals surface area contributed by atoms with E-state index in [4.69, 9.17) is 10.8 Å². The largest absolute Gasteiger partial charge is 0.478 e. The third-order valence-corrected chi connectivity index (χ3v) is 4.27. The van der Waals surface area contributed by atoms with Gasteiger partial charge in [0.2, 0.25) is 0 Å². The summed E-state index contributed by atoms with van der Waals surface area (Å²) in [7, 11) is 0. The third kappa shape index (κ3) is 3.80. The Kier molecular flexibility index (Phi) is 4.97. The quantitative estimate of drug-likeness (QED) is 0.854. The normalized spacial score (nSPS) is 23.2.